The Hall–Kier alpha value is -4.92. The number of carbonyl (C=O) groups excluding carboxylic acids is 1. The maximum atomic E-state index is 13.6. The van der Waals surface area contributed by atoms with Crippen LogP contribution in [-0.2, 0) is 13.0 Å². The molecule has 0 aliphatic rings. The average molecular weight is 518 g/mol. The fourth-order valence-corrected chi connectivity index (χ4v) is 4.99. The third-order valence-corrected chi connectivity index (χ3v) is 7.00. The number of aryl methyl sites for hydroxylation is 2. The Morgan fingerprint density at radius 3 is 2.72 bits per heavy atom. The summed E-state index contributed by atoms with van der Waals surface area (Å²) in [6.07, 6.45) is 4.48. The molecule has 0 spiro atoms. The van der Waals surface area contributed by atoms with Gasteiger partial charge in [0, 0.05) is 23.6 Å². The van der Waals surface area contributed by atoms with Gasteiger partial charge in [-0.15, -0.1) is 10.2 Å². The van der Waals surface area contributed by atoms with Crippen molar-refractivity contribution < 1.29 is 4.79 Å². The molecule has 1 N–H and O–H groups in total. The Morgan fingerprint density at radius 2 is 1.90 bits per heavy atom. The van der Waals surface area contributed by atoms with Gasteiger partial charge in [-0.1, -0.05) is 49.2 Å². The van der Waals surface area contributed by atoms with E-state index in [0.29, 0.717) is 28.9 Å². The molecule has 194 valence electrons. The highest BCUT2D eigenvalue weighted by Crippen LogP contribution is 2.24. The Kier molecular flexibility index (Phi) is 6.32. The molecule has 3 aromatic heterocycles. The summed E-state index contributed by atoms with van der Waals surface area (Å²) in [6, 6.07) is 20.9. The number of carbonyl (C=O) groups is 1. The first-order chi connectivity index (χ1) is 19.0. The summed E-state index contributed by atoms with van der Waals surface area (Å²) < 4.78 is 3.42. The van der Waals surface area contributed by atoms with Crippen molar-refractivity contribution in [2.24, 2.45) is 0 Å². The minimum Gasteiger partial charge on any atom is -0.292 e. The SMILES string of the molecule is CCCCc1nc2ccc(C)cc2c(=O)n1Cc1ccc2c(ccn2C(=O)c2ccccc2-c2nn[nH]n2)c1. The van der Waals surface area contributed by atoms with Gasteiger partial charge in [-0.3, -0.25) is 18.7 Å². The van der Waals surface area contributed by atoms with E-state index in [-0.39, 0.29) is 11.5 Å². The number of nitrogens with zero attached hydrogens (tertiary/aromatic N) is 6. The van der Waals surface area contributed by atoms with Gasteiger partial charge in [-0.25, -0.2) is 4.98 Å². The lowest BCUT2D eigenvalue weighted by atomic mass is 10.1. The number of aromatic nitrogens is 7. The van der Waals surface area contributed by atoms with Gasteiger partial charge in [0.25, 0.3) is 11.5 Å². The fourth-order valence-electron chi connectivity index (χ4n) is 4.99. The van der Waals surface area contributed by atoms with Gasteiger partial charge < -0.3 is 0 Å². The molecule has 0 bridgehead atoms. The molecule has 6 rings (SSSR count). The van der Waals surface area contributed by atoms with Crippen LogP contribution in [0.5, 0.6) is 0 Å². The number of aromatic amines is 1. The van der Waals surface area contributed by atoms with Gasteiger partial charge >= 0.3 is 0 Å². The lowest BCUT2D eigenvalue weighted by Gasteiger charge is -2.14. The average Bonchev–Trinajstić information content (AvgIpc) is 3.64. The van der Waals surface area contributed by atoms with Gasteiger partial charge in [0.2, 0.25) is 5.82 Å². The molecule has 39 heavy (non-hydrogen) atoms. The minimum atomic E-state index is -0.190. The van der Waals surface area contributed by atoms with E-state index < -0.39 is 0 Å². The van der Waals surface area contributed by atoms with E-state index in [9.17, 15) is 9.59 Å². The molecular weight excluding hydrogens is 490 g/mol. The Balaban J connectivity index is 1.37. The maximum Gasteiger partial charge on any atom is 0.263 e. The van der Waals surface area contributed by atoms with Crippen LogP contribution in [0.1, 0.15) is 47.1 Å². The third kappa shape index (κ3) is 4.52. The molecule has 0 aliphatic carbocycles. The first kappa shape index (κ1) is 24.4. The summed E-state index contributed by atoms with van der Waals surface area (Å²) in [7, 11) is 0. The quantitative estimate of drug-likeness (QED) is 0.322. The lowest BCUT2D eigenvalue weighted by molar-refractivity contribution is 0.0965. The topological polar surface area (TPSA) is 111 Å². The summed E-state index contributed by atoms with van der Waals surface area (Å²) in [5.41, 5.74) is 4.56. The van der Waals surface area contributed by atoms with Crippen LogP contribution in [0, 0.1) is 6.92 Å². The Labute approximate surface area is 224 Å². The van der Waals surface area contributed by atoms with E-state index in [1.807, 2.05) is 61.5 Å². The van der Waals surface area contributed by atoms with Crippen LogP contribution in [0.25, 0.3) is 33.2 Å². The number of rotatable bonds is 7. The van der Waals surface area contributed by atoms with Crippen molar-refractivity contribution in [2.75, 3.05) is 0 Å². The normalized spacial score (nSPS) is 11.4. The van der Waals surface area contributed by atoms with Crippen LogP contribution < -0.4 is 5.56 Å². The highest BCUT2D eigenvalue weighted by molar-refractivity contribution is 6.05. The van der Waals surface area contributed by atoms with Crippen molar-refractivity contribution in [3.8, 4) is 11.4 Å². The first-order valence-electron chi connectivity index (χ1n) is 13.0. The van der Waals surface area contributed by atoms with Crippen LogP contribution in [0.3, 0.4) is 0 Å². The molecule has 3 heterocycles. The molecule has 9 heteroatoms. The third-order valence-electron chi connectivity index (χ3n) is 7.00. The molecule has 0 amide bonds. The van der Waals surface area contributed by atoms with Crippen molar-refractivity contribution in [3.05, 3.63) is 106 Å². The number of nitrogens with one attached hydrogen (secondary N) is 1. The molecular formula is C30H27N7O2. The van der Waals surface area contributed by atoms with Crippen LogP contribution >= 0.6 is 0 Å². The molecule has 0 unspecified atom stereocenters. The summed E-state index contributed by atoms with van der Waals surface area (Å²) in [4.78, 5) is 32.0. The predicted molar refractivity (Wildman–Crippen MR) is 150 cm³/mol. The maximum absolute atomic E-state index is 13.6. The number of unbranched alkanes of at least 4 members (excludes halogenated alkanes) is 1. The Bertz CT molecular complexity index is 1880. The molecule has 0 saturated carbocycles. The second kappa shape index (κ2) is 10.1. The van der Waals surface area contributed by atoms with E-state index in [1.165, 1.54) is 0 Å². The number of tetrazole rings is 1. The largest absolute Gasteiger partial charge is 0.292 e. The molecule has 0 saturated heterocycles. The van der Waals surface area contributed by atoms with E-state index in [4.69, 9.17) is 4.98 Å². The van der Waals surface area contributed by atoms with E-state index in [0.717, 1.165) is 52.6 Å². The van der Waals surface area contributed by atoms with Crippen molar-refractivity contribution in [3.63, 3.8) is 0 Å². The number of hydrogen-bond donors (Lipinski definition) is 1. The van der Waals surface area contributed by atoms with Crippen LogP contribution in [0.2, 0.25) is 0 Å². The molecule has 6 aromatic rings. The van der Waals surface area contributed by atoms with Gasteiger partial charge in [0.1, 0.15) is 5.82 Å². The first-order valence-corrected chi connectivity index (χ1v) is 13.0. The molecule has 0 radical (unpaired) electrons. The van der Waals surface area contributed by atoms with Crippen LogP contribution in [-0.4, -0.2) is 40.6 Å². The van der Waals surface area contributed by atoms with Gasteiger partial charge in [0.15, 0.2) is 0 Å². The van der Waals surface area contributed by atoms with Gasteiger partial charge in [-0.2, -0.15) is 5.21 Å². The molecule has 0 fully saturated rings. The minimum absolute atomic E-state index is 0.0271. The zero-order valence-electron chi connectivity index (χ0n) is 21.8. The van der Waals surface area contributed by atoms with Crippen LogP contribution in [0.15, 0.2) is 77.7 Å². The van der Waals surface area contributed by atoms with E-state index in [2.05, 4.69) is 27.5 Å². The van der Waals surface area contributed by atoms with Crippen molar-refractivity contribution in [2.45, 2.75) is 39.7 Å². The van der Waals surface area contributed by atoms with Crippen LogP contribution in [0.4, 0.5) is 0 Å². The predicted octanol–water partition coefficient (Wildman–Crippen LogP) is 4.92. The molecule has 3 aromatic carbocycles. The monoisotopic (exact) mass is 517 g/mol. The standard InChI is InChI=1S/C30H27N7O2/c1-3-4-9-27-31-25-12-10-19(2)16-24(25)30(39)37(27)18-20-11-13-26-21(17-20)14-15-36(26)29(38)23-8-6-5-7-22(23)28-32-34-35-33-28/h5-8,10-17H,3-4,9,18H2,1-2H3,(H,32,33,34,35). The zero-order chi connectivity index (χ0) is 26.9. The van der Waals surface area contributed by atoms with Crippen molar-refractivity contribution in [1.29, 1.82) is 0 Å². The summed E-state index contributed by atoms with van der Waals surface area (Å²) in [5.74, 6) is 0.968. The Morgan fingerprint density at radius 1 is 1.03 bits per heavy atom. The summed E-state index contributed by atoms with van der Waals surface area (Å²) >= 11 is 0. The smallest absolute Gasteiger partial charge is 0.263 e. The number of fused-ring (bicyclic) bond motifs is 2. The van der Waals surface area contributed by atoms with Gasteiger partial charge in [0.05, 0.1) is 28.5 Å². The highest BCUT2D eigenvalue weighted by Gasteiger charge is 2.19. The lowest BCUT2D eigenvalue weighted by Crippen LogP contribution is -2.26. The molecule has 9 nitrogen and oxygen atoms in total. The van der Waals surface area contributed by atoms with E-state index >= 15 is 0 Å². The number of H-pyrrole nitrogens is 1. The fraction of sp³-hybridized carbons (Fsp3) is 0.200. The second-order valence-electron chi connectivity index (χ2n) is 9.71. The number of hydrogen-bond acceptors (Lipinski definition) is 6. The zero-order valence-corrected chi connectivity index (χ0v) is 21.8. The van der Waals surface area contributed by atoms with E-state index in [1.54, 1.807) is 27.5 Å². The second-order valence-corrected chi connectivity index (χ2v) is 9.71. The number of benzene rings is 3. The molecule has 0 aliphatic heterocycles. The highest BCUT2D eigenvalue weighted by atomic mass is 16.2. The summed E-state index contributed by atoms with van der Waals surface area (Å²) in [6.45, 7) is 4.52. The van der Waals surface area contributed by atoms with Crippen molar-refractivity contribution >= 4 is 27.7 Å². The van der Waals surface area contributed by atoms with Gasteiger partial charge in [-0.05, 0) is 60.5 Å². The summed E-state index contributed by atoms with van der Waals surface area (Å²) in [5, 5.41) is 15.7. The molecule has 0 atom stereocenters. The van der Waals surface area contributed by atoms with Crippen molar-refractivity contribution in [1.82, 2.24) is 34.7 Å².